The van der Waals surface area contributed by atoms with Crippen LogP contribution >= 0.6 is 11.6 Å². The Balaban J connectivity index is 2.90. The molecule has 3 atom stereocenters. The normalized spacial score (nSPS) is 15.2. The average molecular weight is 335 g/mol. The molecule has 0 aliphatic carbocycles. The van der Waals surface area contributed by atoms with E-state index in [0.717, 1.165) is 0 Å². The van der Waals surface area contributed by atoms with Gasteiger partial charge in [-0.2, -0.15) is 0 Å². The predicted molar refractivity (Wildman–Crippen MR) is 81.1 cm³/mol. The number of hydrogen-bond acceptors (Lipinski definition) is 7. The van der Waals surface area contributed by atoms with E-state index in [9.17, 15) is 25.4 Å². The predicted octanol–water partition coefficient (Wildman–Crippen LogP) is 0.298. The lowest BCUT2D eigenvalue weighted by molar-refractivity contribution is -0.384. The lowest BCUT2D eigenvalue weighted by atomic mass is 10.1. The van der Waals surface area contributed by atoms with Crippen LogP contribution in [0.15, 0.2) is 12.1 Å². The number of aryl methyl sites for hydroxylation is 1. The highest BCUT2D eigenvalue weighted by Crippen LogP contribution is 2.31. The number of benzene rings is 1. The molecule has 0 fully saturated rings. The molecule has 0 aliphatic rings. The Morgan fingerprint density at radius 2 is 1.95 bits per heavy atom. The third-order valence-electron chi connectivity index (χ3n) is 3.22. The number of aliphatic hydroxyl groups is 4. The summed E-state index contributed by atoms with van der Waals surface area (Å²) in [6.45, 7) is 0.885. The van der Waals surface area contributed by atoms with Crippen molar-refractivity contribution in [3.63, 3.8) is 0 Å². The van der Waals surface area contributed by atoms with Crippen LogP contribution in [0.3, 0.4) is 0 Å². The molecule has 0 aromatic heterocycles. The summed E-state index contributed by atoms with van der Waals surface area (Å²) >= 11 is 5.94. The Bertz CT molecular complexity index is 527. The molecule has 5 N–H and O–H groups in total. The van der Waals surface area contributed by atoms with Crippen molar-refractivity contribution >= 4 is 23.0 Å². The minimum Gasteiger partial charge on any atom is -0.394 e. The van der Waals surface area contributed by atoms with Crippen LogP contribution < -0.4 is 5.32 Å². The molecule has 1 aromatic rings. The summed E-state index contributed by atoms with van der Waals surface area (Å²) in [6.07, 6.45) is -3.92. The van der Waals surface area contributed by atoms with E-state index in [2.05, 4.69) is 5.32 Å². The summed E-state index contributed by atoms with van der Waals surface area (Å²) in [5, 5.41) is 51.2. The summed E-state index contributed by atoms with van der Waals surface area (Å²) in [4.78, 5) is 10.4. The number of hydrogen-bond donors (Lipinski definition) is 5. The zero-order valence-electron chi connectivity index (χ0n) is 11.9. The standard InChI is InChI=1S/C13H19ClN2O6/c1-2-7-3-9(10(16(21)22)4-8(7)14)15-5-11(18)13(20)12(19)6-17/h3-4,11-13,15,17-20H,2,5-6H2,1H3/t11-,12+,13+/m1/s1. The van der Waals surface area contributed by atoms with E-state index < -0.39 is 29.8 Å². The van der Waals surface area contributed by atoms with Crippen molar-refractivity contribution in [2.24, 2.45) is 0 Å². The van der Waals surface area contributed by atoms with Gasteiger partial charge in [-0.15, -0.1) is 0 Å². The minimum atomic E-state index is -1.57. The summed E-state index contributed by atoms with van der Waals surface area (Å²) in [6, 6.07) is 2.72. The molecule has 22 heavy (non-hydrogen) atoms. The van der Waals surface area contributed by atoms with Crippen molar-refractivity contribution in [1.82, 2.24) is 0 Å². The molecule has 9 heteroatoms. The molecule has 0 spiro atoms. The fraction of sp³-hybridized carbons (Fsp3) is 0.538. The Morgan fingerprint density at radius 3 is 2.45 bits per heavy atom. The van der Waals surface area contributed by atoms with Gasteiger partial charge in [-0.3, -0.25) is 10.1 Å². The molecule has 1 rings (SSSR count). The molecule has 0 bridgehead atoms. The third kappa shape index (κ3) is 4.52. The highest BCUT2D eigenvalue weighted by molar-refractivity contribution is 6.31. The first kappa shape index (κ1) is 18.6. The summed E-state index contributed by atoms with van der Waals surface area (Å²) < 4.78 is 0. The molecule has 8 nitrogen and oxygen atoms in total. The van der Waals surface area contributed by atoms with E-state index in [-0.39, 0.29) is 22.9 Å². The van der Waals surface area contributed by atoms with Gasteiger partial charge in [-0.1, -0.05) is 18.5 Å². The zero-order valence-corrected chi connectivity index (χ0v) is 12.7. The van der Waals surface area contributed by atoms with Crippen LogP contribution in [-0.2, 0) is 6.42 Å². The molecule has 0 amide bonds. The van der Waals surface area contributed by atoms with Gasteiger partial charge in [0.25, 0.3) is 5.69 Å². The van der Waals surface area contributed by atoms with E-state index in [4.69, 9.17) is 16.7 Å². The summed E-state index contributed by atoms with van der Waals surface area (Å²) in [7, 11) is 0. The van der Waals surface area contributed by atoms with Crippen LogP contribution in [0.2, 0.25) is 5.02 Å². The molecule has 0 heterocycles. The van der Waals surface area contributed by atoms with Crippen molar-refractivity contribution in [3.8, 4) is 0 Å². The Kier molecular flexibility index (Phi) is 6.98. The van der Waals surface area contributed by atoms with Gasteiger partial charge in [-0.25, -0.2) is 0 Å². The maximum Gasteiger partial charge on any atom is 0.293 e. The maximum absolute atomic E-state index is 11.0. The molecule has 0 unspecified atom stereocenters. The van der Waals surface area contributed by atoms with E-state index in [1.165, 1.54) is 12.1 Å². The van der Waals surface area contributed by atoms with Crippen molar-refractivity contribution in [2.75, 3.05) is 18.5 Å². The monoisotopic (exact) mass is 334 g/mol. The largest absolute Gasteiger partial charge is 0.394 e. The van der Waals surface area contributed by atoms with Gasteiger partial charge >= 0.3 is 0 Å². The first-order chi connectivity index (χ1) is 10.3. The first-order valence-corrected chi connectivity index (χ1v) is 7.05. The zero-order chi connectivity index (χ0) is 16.9. The Morgan fingerprint density at radius 1 is 1.32 bits per heavy atom. The van der Waals surface area contributed by atoms with Crippen LogP contribution in [0, 0.1) is 10.1 Å². The number of anilines is 1. The van der Waals surface area contributed by atoms with Gasteiger partial charge in [0.05, 0.1) is 22.7 Å². The van der Waals surface area contributed by atoms with Crippen LogP contribution in [0.25, 0.3) is 0 Å². The first-order valence-electron chi connectivity index (χ1n) is 6.67. The second-order valence-corrected chi connectivity index (χ2v) is 5.17. The van der Waals surface area contributed by atoms with E-state index in [1.54, 1.807) is 0 Å². The summed E-state index contributed by atoms with van der Waals surface area (Å²) in [5.41, 5.74) is 0.586. The minimum absolute atomic E-state index is 0.149. The van der Waals surface area contributed by atoms with E-state index >= 15 is 0 Å². The molecular formula is C13H19ClN2O6. The molecule has 0 saturated carbocycles. The van der Waals surface area contributed by atoms with Gasteiger partial charge in [0.15, 0.2) is 0 Å². The van der Waals surface area contributed by atoms with Crippen molar-refractivity contribution < 1.29 is 25.3 Å². The number of nitrogens with one attached hydrogen (secondary N) is 1. The van der Waals surface area contributed by atoms with Crippen LogP contribution in [-0.4, -0.2) is 56.8 Å². The molecule has 0 saturated heterocycles. The van der Waals surface area contributed by atoms with Crippen molar-refractivity contribution in [2.45, 2.75) is 31.7 Å². The van der Waals surface area contributed by atoms with Gasteiger partial charge in [-0.05, 0) is 18.1 Å². The number of rotatable bonds is 8. The number of nitro benzene ring substituents is 1. The number of aliphatic hydroxyl groups excluding tert-OH is 4. The second kappa shape index (κ2) is 8.25. The summed E-state index contributed by atoms with van der Waals surface area (Å²) in [5.74, 6) is 0. The SMILES string of the molecule is CCc1cc(NC[C@@H](O)[C@H](O)[C@@H](O)CO)c([N+](=O)[O-])cc1Cl. The van der Waals surface area contributed by atoms with Crippen LogP contribution in [0.5, 0.6) is 0 Å². The highest BCUT2D eigenvalue weighted by Gasteiger charge is 2.25. The second-order valence-electron chi connectivity index (χ2n) is 4.76. The number of nitro groups is 1. The van der Waals surface area contributed by atoms with Gasteiger partial charge in [0.1, 0.15) is 17.9 Å². The fourth-order valence-electron chi connectivity index (χ4n) is 1.87. The Hall–Kier alpha value is -1.45. The van der Waals surface area contributed by atoms with Gasteiger partial charge in [0.2, 0.25) is 0 Å². The van der Waals surface area contributed by atoms with E-state index in [0.29, 0.717) is 12.0 Å². The third-order valence-corrected chi connectivity index (χ3v) is 3.57. The number of nitrogens with zero attached hydrogens (tertiary/aromatic N) is 1. The van der Waals surface area contributed by atoms with Gasteiger partial charge in [0, 0.05) is 12.6 Å². The highest BCUT2D eigenvalue weighted by atomic mass is 35.5. The van der Waals surface area contributed by atoms with Crippen molar-refractivity contribution in [3.05, 3.63) is 32.8 Å². The number of halogens is 1. The smallest absolute Gasteiger partial charge is 0.293 e. The maximum atomic E-state index is 11.0. The van der Waals surface area contributed by atoms with Crippen LogP contribution in [0.4, 0.5) is 11.4 Å². The van der Waals surface area contributed by atoms with Crippen molar-refractivity contribution in [1.29, 1.82) is 0 Å². The molecule has 124 valence electrons. The Labute approximate surface area is 132 Å². The average Bonchev–Trinajstić information content (AvgIpc) is 2.51. The lowest BCUT2D eigenvalue weighted by Gasteiger charge is -2.22. The molecule has 0 aliphatic heterocycles. The molecular weight excluding hydrogens is 316 g/mol. The van der Waals surface area contributed by atoms with Crippen LogP contribution in [0.1, 0.15) is 12.5 Å². The van der Waals surface area contributed by atoms with E-state index in [1.807, 2.05) is 6.92 Å². The van der Waals surface area contributed by atoms with Gasteiger partial charge < -0.3 is 25.7 Å². The quantitative estimate of drug-likeness (QED) is 0.340. The molecule has 1 aromatic carbocycles. The fourth-order valence-corrected chi connectivity index (χ4v) is 2.16. The lowest BCUT2D eigenvalue weighted by Crippen LogP contribution is -2.42. The topological polar surface area (TPSA) is 136 Å². The molecule has 0 radical (unpaired) electrons.